The Hall–Kier alpha value is -1.63. The van der Waals surface area contributed by atoms with Crippen molar-refractivity contribution in [1.29, 1.82) is 0 Å². The van der Waals surface area contributed by atoms with Crippen LogP contribution in [0.2, 0.25) is 0 Å². The van der Waals surface area contributed by atoms with Crippen molar-refractivity contribution in [3.63, 3.8) is 0 Å². The largest absolute Gasteiger partial charge is 0.477 e. The first kappa shape index (κ1) is 12.8. The second-order valence-corrected chi connectivity index (χ2v) is 4.51. The van der Waals surface area contributed by atoms with Gasteiger partial charge in [0.1, 0.15) is 0 Å². The van der Waals surface area contributed by atoms with Crippen molar-refractivity contribution in [3.05, 3.63) is 0 Å². The average Bonchev–Trinajstić information content (AvgIpc) is 2.94. The number of ether oxygens (including phenoxy) is 1. The van der Waals surface area contributed by atoms with Crippen LogP contribution in [0.4, 0.5) is 0 Å². The number of hydrogen-bond acceptors (Lipinski definition) is 5. The fourth-order valence-corrected chi connectivity index (χ4v) is 2.03. The van der Waals surface area contributed by atoms with Gasteiger partial charge in [-0.15, -0.1) is 0 Å². The highest BCUT2D eigenvalue weighted by atomic mass is 16.6. The average molecular weight is 256 g/mol. The van der Waals surface area contributed by atoms with E-state index in [-0.39, 0.29) is 24.1 Å². The highest BCUT2D eigenvalue weighted by Gasteiger charge is 2.32. The van der Waals surface area contributed by atoms with Crippen molar-refractivity contribution in [2.45, 2.75) is 32.0 Å². The molecule has 0 spiro atoms. The van der Waals surface area contributed by atoms with Crippen LogP contribution in [0.15, 0.2) is 5.16 Å². The van der Waals surface area contributed by atoms with Gasteiger partial charge in [0.25, 0.3) is 5.91 Å². The van der Waals surface area contributed by atoms with Gasteiger partial charge in [-0.3, -0.25) is 4.79 Å². The Bertz CT molecular complexity index is 382. The van der Waals surface area contributed by atoms with Gasteiger partial charge in [-0.05, 0) is 13.3 Å². The molecule has 3 unspecified atom stereocenters. The molecule has 2 aliphatic heterocycles. The number of aliphatic carboxylic acids is 1. The Morgan fingerprint density at radius 3 is 2.89 bits per heavy atom. The number of nitrogens with one attached hydrogen (secondary N) is 1. The van der Waals surface area contributed by atoms with E-state index in [1.807, 2.05) is 6.92 Å². The SMILES string of the molecule is CC1OCCC1CNC(=O)C1CC(C(=O)O)=NO1. The number of carbonyl (C=O) groups is 2. The van der Waals surface area contributed by atoms with Crippen LogP contribution in [0.5, 0.6) is 0 Å². The molecular weight excluding hydrogens is 240 g/mol. The summed E-state index contributed by atoms with van der Waals surface area (Å²) in [5.74, 6) is -1.17. The van der Waals surface area contributed by atoms with Crippen LogP contribution in [0, 0.1) is 5.92 Å². The molecule has 100 valence electrons. The maximum absolute atomic E-state index is 11.7. The summed E-state index contributed by atoms with van der Waals surface area (Å²) in [6.45, 7) is 3.21. The van der Waals surface area contributed by atoms with Gasteiger partial charge in [0.15, 0.2) is 5.71 Å². The van der Waals surface area contributed by atoms with Crippen molar-refractivity contribution in [1.82, 2.24) is 5.32 Å². The van der Waals surface area contributed by atoms with Gasteiger partial charge >= 0.3 is 5.97 Å². The fourth-order valence-electron chi connectivity index (χ4n) is 2.03. The normalized spacial score (nSPS) is 30.7. The van der Waals surface area contributed by atoms with Crippen LogP contribution in [-0.4, -0.2) is 48.1 Å². The maximum atomic E-state index is 11.7. The summed E-state index contributed by atoms with van der Waals surface area (Å²) in [5, 5.41) is 14.8. The lowest BCUT2D eigenvalue weighted by atomic mass is 10.0. The Morgan fingerprint density at radius 2 is 2.33 bits per heavy atom. The van der Waals surface area contributed by atoms with Crippen LogP contribution in [0.1, 0.15) is 19.8 Å². The highest BCUT2D eigenvalue weighted by molar-refractivity contribution is 6.36. The van der Waals surface area contributed by atoms with E-state index in [2.05, 4.69) is 10.5 Å². The minimum atomic E-state index is -1.15. The first-order valence-electron chi connectivity index (χ1n) is 5.93. The summed E-state index contributed by atoms with van der Waals surface area (Å²) in [5.41, 5.74) is -0.118. The number of hydrogen-bond donors (Lipinski definition) is 2. The van der Waals surface area contributed by atoms with Crippen molar-refractivity contribution in [2.75, 3.05) is 13.2 Å². The van der Waals surface area contributed by atoms with Gasteiger partial charge in [0.05, 0.1) is 6.10 Å². The summed E-state index contributed by atoms with van der Waals surface area (Å²) in [4.78, 5) is 27.1. The third-order valence-corrected chi connectivity index (χ3v) is 3.28. The van der Waals surface area contributed by atoms with Gasteiger partial charge in [-0.25, -0.2) is 4.79 Å². The number of amides is 1. The van der Waals surface area contributed by atoms with E-state index in [1.54, 1.807) is 0 Å². The third kappa shape index (κ3) is 2.79. The van der Waals surface area contributed by atoms with Crippen LogP contribution < -0.4 is 5.32 Å². The van der Waals surface area contributed by atoms with Crippen molar-refractivity contribution in [2.24, 2.45) is 11.1 Å². The summed E-state index contributed by atoms with van der Waals surface area (Å²) in [6, 6.07) is 0. The van der Waals surface area contributed by atoms with E-state index in [0.717, 1.165) is 6.42 Å². The predicted octanol–water partition coefficient (Wildman–Crippen LogP) is -0.243. The number of nitrogens with zero attached hydrogens (tertiary/aromatic N) is 1. The smallest absolute Gasteiger partial charge is 0.353 e. The van der Waals surface area contributed by atoms with E-state index >= 15 is 0 Å². The zero-order chi connectivity index (χ0) is 13.1. The van der Waals surface area contributed by atoms with E-state index in [4.69, 9.17) is 14.7 Å². The second kappa shape index (κ2) is 5.34. The summed E-state index contributed by atoms with van der Waals surface area (Å²) in [6.07, 6.45) is 0.246. The van der Waals surface area contributed by atoms with Crippen molar-refractivity contribution in [3.8, 4) is 0 Å². The lowest BCUT2D eigenvalue weighted by Gasteiger charge is -2.16. The standard InChI is InChI=1S/C11H16N2O5/c1-6-7(2-3-17-6)5-12-10(14)9-4-8(11(15)16)13-18-9/h6-7,9H,2-5H2,1H3,(H,12,14)(H,15,16). The van der Waals surface area contributed by atoms with Gasteiger partial charge in [-0.2, -0.15) is 0 Å². The molecule has 2 heterocycles. The molecule has 0 radical (unpaired) electrons. The van der Waals surface area contributed by atoms with Crippen LogP contribution in [-0.2, 0) is 19.2 Å². The summed E-state index contributed by atoms with van der Waals surface area (Å²) in [7, 11) is 0. The molecule has 1 fully saturated rings. The monoisotopic (exact) mass is 256 g/mol. The Labute approximate surface area is 104 Å². The molecule has 18 heavy (non-hydrogen) atoms. The lowest BCUT2D eigenvalue weighted by molar-refractivity contribution is -0.131. The Morgan fingerprint density at radius 1 is 1.56 bits per heavy atom. The number of carboxylic acids is 1. The molecule has 0 saturated carbocycles. The van der Waals surface area contributed by atoms with Gasteiger partial charge in [0.2, 0.25) is 6.10 Å². The zero-order valence-electron chi connectivity index (χ0n) is 10.1. The molecule has 2 rings (SSSR count). The Kier molecular flexibility index (Phi) is 3.81. The van der Waals surface area contributed by atoms with E-state index in [0.29, 0.717) is 19.1 Å². The molecule has 2 N–H and O–H groups in total. The molecule has 1 saturated heterocycles. The number of rotatable bonds is 4. The molecule has 1 amide bonds. The summed E-state index contributed by atoms with van der Waals surface area (Å²) >= 11 is 0. The number of carboxylic acid groups (broad SMARTS) is 1. The van der Waals surface area contributed by atoms with E-state index in [1.165, 1.54) is 0 Å². The topological polar surface area (TPSA) is 97.2 Å². The molecule has 7 nitrogen and oxygen atoms in total. The molecule has 2 aliphatic rings. The van der Waals surface area contributed by atoms with Gasteiger partial charge < -0.3 is 20.0 Å². The minimum absolute atomic E-state index is 0.0118. The zero-order valence-corrected chi connectivity index (χ0v) is 10.1. The van der Waals surface area contributed by atoms with Gasteiger partial charge in [0, 0.05) is 25.5 Å². The highest BCUT2D eigenvalue weighted by Crippen LogP contribution is 2.19. The first-order valence-corrected chi connectivity index (χ1v) is 5.93. The molecule has 0 bridgehead atoms. The molecule has 0 aromatic carbocycles. The quantitative estimate of drug-likeness (QED) is 0.723. The van der Waals surface area contributed by atoms with Gasteiger partial charge in [-0.1, -0.05) is 5.16 Å². The molecule has 3 atom stereocenters. The van der Waals surface area contributed by atoms with Crippen LogP contribution in [0.25, 0.3) is 0 Å². The predicted molar refractivity (Wildman–Crippen MR) is 61.1 cm³/mol. The number of carbonyl (C=O) groups excluding carboxylic acids is 1. The maximum Gasteiger partial charge on any atom is 0.353 e. The van der Waals surface area contributed by atoms with Crippen LogP contribution in [0.3, 0.4) is 0 Å². The molecule has 7 heteroatoms. The summed E-state index contributed by atoms with van der Waals surface area (Å²) < 4.78 is 5.39. The van der Waals surface area contributed by atoms with Crippen molar-refractivity contribution < 1.29 is 24.3 Å². The van der Waals surface area contributed by atoms with E-state index in [9.17, 15) is 9.59 Å². The first-order chi connectivity index (χ1) is 8.58. The van der Waals surface area contributed by atoms with Crippen LogP contribution >= 0.6 is 0 Å². The minimum Gasteiger partial charge on any atom is -0.477 e. The second-order valence-electron chi connectivity index (χ2n) is 4.51. The van der Waals surface area contributed by atoms with Crippen molar-refractivity contribution >= 4 is 17.6 Å². The van der Waals surface area contributed by atoms with E-state index < -0.39 is 12.1 Å². The molecular formula is C11H16N2O5. The lowest BCUT2D eigenvalue weighted by Crippen LogP contribution is -2.39. The molecule has 0 aromatic heterocycles. The molecule has 0 aromatic rings. The Balaban J connectivity index is 1.75. The fraction of sp³-hybridized carbons (Fsp3) is 0.727. The number of oxime groups is 1. The third-order valence-electron chi connectivity index (χ3n) is 3.28. The molecule has 0 aliphatic carbocycles.